The first kappa shape index (κ1) is 19.1. The number of nitro benzene ring substituents is 1. The van der Waals surface area contributed by atoms with E-state index in [1.807, 2.05) is 35.0 Å². The quantitative estimate of drug-likeness (QED) is 0.243. The van der Waals surface area contributed by atoms with Gasteiger partial charge in [-0.15, -0.1) is 0 Å². The summed E-state index contributed by atoms with van der Waals surface area (Å²) in [7, 11) is 0. The largest absolute Gasteiger partial charge is 0.342 e. The van der Waals surface area contributed by atoms with Crippen LogP contribution in [0.4, 0.5) is 10.1 Å². The minimum Gasteiger partial charge on any atom is -0.342 e. The highest BCUT2D eigenvalue weighted by Crippen LogP contribution is 2.28. The zero-order chi connectivity index (χ0) is 21.1. The molecule has 0 saturated carbocycles. The maximum Gasteiger partial charge on any atom is 0.270 e. The van der Waals surface area contributed by atoms with Crippen LogP contribution in [-0.2, 0) is 6.54 Å². The number of nitriles is 1. The minimum absolute atomic E-state index is 0.0626. The number of nitro groups is 1. The second-order valence-corrected chi connectivity index (χ2v) is 6.83. The van der Waals surface area contributed by atoms with E-state index in [4.69, 9.17) is 0 Å². The molecule has 3 aromatic carbocycles. The molecule has 6 heteroatoms. The van der Waals surface area contributed by atoms with E-state index >= 15 is 0 Å². The van der Waals surface area contributed by atoms with Crippen LogP contribution in [0.25, 0.3) is 22.6 Å². The van der Waals surface area contributed by atoms with Crippen LogP contribution in [0, 0.1) is 27.3 Å². The molecule has 0 radical (unpaired) electrons. The number of non-ortho nitro benzene ring substituents is 1. The van der Waals surface area contributed by atoms with Crippen LogP contribution in [0.2, 0.25) is 0 Å². The van der Waals surface area contributed by atoms with Crippen molar-refractivity contribution in [2.45, 2.75) is 6.54 Å². The van der Waals surface area contributed by atoms with Crippen molar-refractivity contribution in [1.82, 2.24) is 4.57 Å². The standard InChI is InChI=1S/C24H16FN3O2/c25-21-10-8-17(9-11-21)15-27-16-20(23-6-1-2-7-24(23)27)12-19(14-26)18-4-3-5-22(13-18)28(29)30/h1-13,16H,15H2/b19-12-. The Bertz CT molecular complexity index is 1310. The van der Waals surface area contributed by atoms with Crippen molar-refractivity contribution < 1.29 is 9.31 Å². The summed E-state index contributed by atoms with van der Waals surface area (Å²) in [4.78, 5) is 10.6. The lowest BCUT2D eigenvalue weighted by Gasteiger charge is -2.05. The molecule has 0 aliphatic carbocycles. The minimum atomic E-state index is -0.479. The van der Waals surface area contributed by atoms with Crippen LogP contribution in [0.5, 0.6) is 0 Å². The third kappa shape index (κ3) is 3.82. The normalized spacial score (nSPS) is 11.4. The highest BCUT2D eigenvalue weighted by Gasteiger charge is 2.12. The predicted octanol–water partition coefficient (Wildman–Crippen LogP) is 5.80. The van der Waals surface area contributed by atoms with Gasteiger partial charge in [-0.25, -0.2) is 4.39 Å². The molecule has 0 aliphatic heterocycles. The molecule has 146 valence electrons. The van der Waals surface area contributed by atoms with Gasteiger partial charge in [0, 0.05) is 41.3 Å². The first-order chi connectivity index (χ1) is 14.5. The number of halogens is 1. The molecule has 5 nitrogen and oxygen atoms in total. The van der Waals surface area contributed by atoms with Gasteiger partial charge in [-0.3, -0.25) is 10.1 Å². The van der Waals surface area contributed by atoms with Crippen molar-refractivity contribution in [3.8, 4) is 6.07 Å². The lowest BCUT2D eigenvalue weighted by atomic mass is 10.0. The Hall–Kier alpha value is -4.24. The van der Waals surface area contributed by atoms with Crippen LogP contribution in [0.3, 0.4) is 0 Å². The van der Waals surface area contributed by atoms with Gasteiger partial charge in [-0.05, 0) is 35.4 Å². The highest BCUT2D eigenvalue weighted by atomic mass is 19.1. The second-order valence-electron chi connectivity index (χ2n) is 6.83. The third-order valence-electron chi connectivity index (χ3n) is 4.87. The summed E-state index contributed by atoms with van der Waals surface area (Å²) >= 11 is 0. The van der Waals surface area contributed by atoms with E-state index in [0.717, 1.165) is 22.0 Å². The number of rotatable bonds is 5. The number of hydrogen-bond donors (Lipinski definition) is 0. The number of para-hydroxylation sites is 1. The Morgan fingerprint density at radius 3 is 2.60 bits per heavy atom. The Labute approximate surface area is 172 Å². The van der Waals surface area contributed by atoms with E-state index in [1.165, 1.54) is 24.3 Å². The molecule has 4 rings (SSSR count). The van der Waals surface area contributed by atoms with Gasteiger partial charge in [0.25, 0.3) is 5.69 Å². The number of benzene rings is 3. The van der Waals surface area contributed by atoms with E-state index in [9.17, 15) is 19.8 Å². The lowest BCUT2D eigenvalue weighted by molar-refractivity contribution is -0.384. The van der Waals surface area contributed by atoms with E-state index in [1.54, 1.807) is 30.3 Å². The maximum atomic E-state index is 13.2. The molecule has 30 heavy (non-hydrogen) atoms. The number of nitrogens with zero attached hydrogens (tertiary/aromatic N) is 3. The van der Waals surface area contributed by atoms with E-state index in [2.05, 4.69) is 6.07 Å². The first-order valence-electron chi connectivity index (χ1n) is 9.24. The smallest absolute Gasteiger partial charge is 0.270 e. The Kier molecular flexibility index (Phi) is 5.10. The van der Waals surface area contributed by atoms with Crippen molar-refractivity contribution in [1.29, 1.82) is 5.26 Å². The average Bonchev–Trinajstić information content (AvgIpc) is 3.11. The molecule has 0 N–H and O–H groups in total. The number of allylic oxidation sites excluding steroid dienone is 1. The molecule has 4 aromatic rings. The molecule has 0 aliphatic rings. The number of aromatic nitrogens is 1. The van der Waals surface area contributed by atoms with Gasteiger partial charge in [0.2, 0.25) is 0 Å². The molecule has 0 unspecified atom stereocenters. The lowest BCUT2D eigenvalue weighted by Crippen LogP contribution is -1.97. The van der Waals surface area contributed by atoms with Crippen molar-refractivity contribution in [2.24, 2.45) is 0 Å². The Balaban J connectivity index is 1.78. The summed E-state index contributed by atoms with van der Waals surface area (Å²) in [6.07, 6.45) is 3.67. The van der Waals surface area contributed by atoms with E-state index < -0.39 is 4.92 Å². The van der Waals surface area contributed by atoms with Crippen molar-refractivity contribution >= 4 is 28.2 Å². The predicted molar refractivity (Wildman–Crippen MR) is 114 cm³/mol. The summed E-state index contributed by atoms with van der Waals surface area (Å²) in [5.41, 5.74) is 3.52. The van der Waals surface area contributed by atoms with Crippen LogP contribution in [0.1, 0.15) is 16.7 Å². The second kappa shape index (κ2) is 8.02. The number of hydrogen-bond acceptors (Lipinski definition) is 3. The fourth-order valence-electron chi connectivity index (χ4n) is 3.43. The molecular formula is C24H16FN3O2. The Morgan fingerprint density at radius 1 is 1.10 bits per heavy atom. The van der Waals surface area contributed by atoms with Gasteiger partial charge in [0.05, 0.1) is 16.6 Å². The maximum absolute atomic E-state index is 13.2. The van der Waals surface area contributed by atoms with E-state index in [0.29, 0.717) is 17.7 Å². The topological polar surface area (TPSA) is 71.9 Å². The third-order valence-corrected chi connectivity index (χ3v) is 4.87. The van der Waals surface area contributed by atoms with Gasteiger partial charge < -0.3 is 4.57 Å². The van der Waals surface area contributed by atoms with Crippen LogP contribution in [0.15, 0.2) is 79.0 Å². The molecule has 0 amide bonds. The number of fused-ring (bicyclic) bond motifs is 1. The van der Waals surface area contributed by atoms with Crippen LogP contribution < -0.4 is 0 Å². The summed E-state index contributed by atoms with van der Waals surface area (Å²) < 4.78 is 15.3. The molecule has 0 spiro atoms. The van der Waals surface area contributed by atoms with Crippen LogP contribution >= 0.6 is 0 Å². The van der Waals surface area contributed by atoms with Crippen molar-refractivity contribution in [3.05, 3.63) is 112 Å². The molecule has 0 bridgehead atoms. The SMILES string of the molecule is N#C/C(=C/c1cn(Cc2ccc(F)cc2)c2ccccc12)c1cccc([N+](=O)[O-])c1. The summed E-state index contributed by atoms with van der Waals surface area (Å²) in [6, 6.07) is 22.3. The van der Waals surface area contributed by atoms with Gasteiger partial charge in [-0.2, -0.15) is 5.26 Å². The van der Waals surface area contributed by atoms with Crippen LogP contribution in [-0.4, -0.2) is 9.49 Å². The molecule has 1 heterocycles. The molecule has 0 fully saturated rings. The average molecular weight is 397 g/mol. The summed E-state index contributed by atoms with van der Waals surface area (Å²) in [5, 5.41) is 21.7. The molecule has 1 aromatic heterocycles. The highest BCUT2D eigenvalue weighted by molar-refractivity contribution is 5.98. The van der Waals surface area contributed by atoms with E-state index in [-0.39, 0.29) is 11.5 Å². The van der Waals surface area contributed by atoms with Crippen molar-refractivity contribution in [3.63, 3.8) is 0 Å². The zero-order valence-electron chi connectivity index (χ0n) is 15.8. The van der Waals surface area contributed by atoms with Gasteiger partial charge >= 0.3 is 0 Å². The summed E-state index contributed by atoms with van der Waals surface area (Å²) in [6.45, 7) is 0.549. The zero-order valence-corrected chi connectivity index (χ0v) is 15.8. The van der Waals surface area contributed by atoms with Gasteiger partial charge in [0.1, 0.15) is 5.82 Å². The monoisotopic (exact) mass is 397 g/mol. The van der Waals surface area contributed by atoms with Crippen molar-refractivity contribution in [2.75, 3.05) is 0 Å². The fourth-order valence-corrected chi connectivity index (χ4v) is 3.43. The Morgan fingerprint density at radius 2 is 1.87 bits per heavy atom. The molecule has 0 atom stereocenters. The summed E-state index contributed by atoms with van der Waals surface area (Å²) in [5.74, 6) is -0.282. The molecular weight excluding hydrogens is 381 g/mol. The first-order valence-corrected chi connectivity index (χ1v) is 9.24. The molecule has 0 saturated heterocycles. The van der Waals surface area contributed by atoms with Gasteiger partial charge in [0.15, 0.2) is 0 Å². The fraction of sp³-hybridized carbons (Fsp3) is 0.0417. The van der Waals surface area contributed by atoms with Gasteiger partial charge in [-0.1, -0.05) is 42.5 Å².